The van der Waals surface area contributed by atoms with Crippen LogP contribution in [0.2, 0.25) is 5.02 Å². The summed E-state index contributed by atoms with van der Waals surface area (Å²) >= 11 is 6.09. The van der Waals surface area contributed by atoms with Crippen molar-refractivity contribution in [1.29, 1.82) is 0 Å². The Morgan fingerprint density at radius 3 is 2.08 bits per heavy atom. The van der Waals surface area contributed by atoms with E-state index in [2.05, 4.69) is 13.8 Å². The van der Waals surface area contributed by atoms with Gasteiger partial charge in [-0.1, -0.05) is 64.0 Å². The maximum Gasteiger partial charge on any atom is 0.257 e. The second-order valence-electron chi connectivity index (χ2n) is 6.26. The molecule has 3 nitrogen and oxygen atoms in total. The van der Waals surface area contributed by atoms with Gasteiger partial charge in [0.2, 0.25) is 0 Å². The fourth-order valence-electron chi connectivity index (χ4n) is 2.79. The average Bonchev–Trinajstić information content (AvgIpc) is 2.59. The quantitative estimate of drug-likeness (QED) is 0.434. The lowest BCUT2D eigenvalue weighted by Gasteiger charge is -2.24. The van der Waals surface area contributed by atoms with E-state index in [1.54, 1.807) is 25.3 Å². The Kier molecular flexibility index (Phi) is 10.6. The first-order valence-electron chi connectivity index (χ1n) is 9.26. The third-order valence-electron chi connectivity index (χ3n) is 4.24. The van der Waals surface area contributed by atoms with Crippen LogP contribution >= 0.6 is 11.6 Å². The molecule has 1 amide bonds. The predicted octanol–water partition coefficient (Wildman–Crippen LogP) is 5.95. The van der Waals surface area contributed by atoms with Gasteiger partial charge >= 0.3 is 0 Å². The van der Waals surface area contributed by atoms with E-state index in [1.165, 1.54) is 38.5 Å². The number of benzene rings is 1. The summed E-state index contributed by atoms with van der Waals surface area (Å²) in [5.41, 5.74) is 0.566. The van der Waals surface area contributed by atoms with Gasteiger partial charge in [-0.2, -0.15) is 0 Å². The van der Waals surface area contributed by atoms with E-state index in [0.29, 0.717) is 16.3 Å². The molecule has 0 fully saturated rings. The van der Waals surface area contributed by atoms with Crippen molar-refractivity contribution in [2.75, 3.05) is 20.2 Å². The van der Waals surface area contributed by atoms with Gasteiger partial charge in [-0.05, 0) is 31.0 Å². The van der Waals surface area contributed by atoms with Gasteiger partial charge in [-0.3, -0.25) is 4.79 Å². The van der Waals surface area contributed by atoms with Gasteiger partial charge in [-0.25, -0.2) is 0 Å². The highest BCUT2D eigenvalue weighted by Gasteiger charge is 2.19. The summed E-state index contributed by atoms with van der Waals surface area (Å²) in [5.74, 6) is 0.624. The molecular formula is C20H32ClNO2. The van der Waals surface area contributed by atoms with Crippen LogP contribution in [0, 0.1) is 0 Å². The number of rotatable bonds is 12. The molecule has 24 heavy (non-hydrogen) atoms. The van der Waals surface area contributed by atoms with Crippen LogP contribution in [-0.2, 0) is 0 Å². The average molecular weight is 354 g/mol. The molecule has 0 saturated heterocycles. The number of ether oxygens (including phenoxy) is 1. The van der Waals surface area contributed by atoms with Crippen molar-refractivity contribution in [3.8, 4) is 5.75 Å². The Morgan fingerprint density at radius 2 is 1.58 bits per heavy atom. The van der Waals surface area contributed by atoms with Crippen LogP contribution in [-0.4, -0.2) is 31.0 Å². The molecule has 0 aromatic heterocycles. The van der Waals surface area contributed by atoms with Crippen LogP contribution in [0.5, 0.6) is 5.75 Å². The molecule has 0 aliphatic rings. The van der Waals surface area contributed by atoms with Gasteiger partial charge in [0.05, 0.1) is 12.7 Å². The molecule has 4 heteroatoms. The van der Waals surface area contributed by atoms with E-state index < -0.39 is 0 Å². The molecule has 0 aliphatic carbocycles. The molecule has 0 N–H and O–H groups in total. The number of nitrogens with zero attached hydrogens (tertiary/aromatic N) is 1. The number of methoxy groups -OCH3 is 1. The summed E-state index contributed by atoms with van der Waals surface area (Å²) in [6, 6.07) is 5.24. The summed E-state index contributed by atoms with van der Waals surface area (Å²) < 4.78 is 5.35. The number of carbonyl (C=O) groups is 1. The monoisotopic (exact) mass is 353 g/mol. The van der Waals surface area contributed by atoms with Gasteiger partial charge < -0.3 is 9.64 Å². The molecular weight excluding hydrogens is 322 g/mol. The summed E-state index contributed by atoms with van der Waals surface area (Å²) in [6.07, 6.45) is 9.28. The third kappa shape index (κ3) is 7.12. The largest absolute Gasteiger partial charge is 0.496 e. The first-order valence-corrected chi connectivity index (χ1v) is 9.64. The number of hydrogen-bond donors (Lipinski definition) is 0. The Hall–Kier alpha value is -1.22. The van der Waals surface area contributed by atoms with E-state index in [4.69, 9.17) is 16.3 Å². The van der Waals surface area contributed by atoms with Crippen molar-refractivity contribution in [1.82, 2.24) is 4.90 Å². The maximum absolute atomic E-state index is 13.0. The lowest BCUT2D eigenvalue weighted by Crippen LogP contribution is -2.33. The van der Waals surface area contributed by atoms with Gasteiger partial charge in [0.1, 0.15) is 5.75 Å². The van der Waals surface area contributed by atoms with Gasteiger partial charge in [-0.15, -0.1) is 0 Å². The Morgan fingerprint density at radius 1 is 1.00 bits per heavy atom. The Balaban J connectivity index is 2.78. The minimum atomic E-state index is 0.0300. The van der Waals surface area contributed by atoms with Crippen LogP contribution < -0.4 is 4.74 Å². The first kappa shape index (κ1) is 20.8. The van der Waals surface area contributed by atoms with Crippen molar-refractivity contribution >= 4 is 17.5 Å². The van der Waals surface area contributed by atoms with Gasteiger partial charge in [0.25, 0.3) is 5.91 Å². The molecule has 1 aromatic rings. The van der Waals surface area contributed by atoms with Crippen molar-refractivity contribution in [3.63, 3.8) is 0 Å². The molecule has 0 heterocycles. The highest BCUT2D eigenvalue weighted by molar-refractivity contribution is 6.31. The Labute approximate surface area is 152 Å². The first-order chi connectivity index (χ1) is 11.6. The molecule has 0 bridgehead atoms. The second kappa shape index (κ2) is 12.2. The third-order valence-corrected chi connectivity index (χ3v) is 4.48. The summed E-state index contributed by atoms with van der Waals surface area (Å²) in [6.45, 7) is 6.01. The van der Waals surface area contributed by atoms with Crippen molar-refractivity contribution < 1.29 is 9.53 Å². The Bertz CT molecular complexity index is 479. The molecule has 0 atom stereocenters. The fraction of sp³-hybridized carbons (Fsp3) is 0.650. The molecule has 0 saturated carbocycles. The van der Waals surface area contributed by atoms with E-state index in [0.717, 1.165) is 25.9 Å². The van der Waals surface area contributed by atoms with Crippen molar-refractivity contribution in [3.05, 3.63) is 28.8 Å². The predicted molar refractivity (Wildman–Crippen MR) is 102 cm³/mol. The number of unbranched alkanes of at least 4 members (excludes halogenated alkanes) is 6. The lowest BCUT2D eigenvalue weighted by atomic mass is 10.1. The van der Waals surface area contributed by atoms with Crippen LogP contribution in [0.3, 0.4) is 0 Å². The van der Waals surface area contributed by atoms with Crippen LogP contribution in [0.25, 0.3) is 0 Å². The molecule has 1 aromatic carbocycles. The second-order valence-corrected chi connectivity index (χ2v) is 6.69. The van der Waals surface area contributed by atoms with Gasteiger partial charge in [0, 0.05) is 18.1 Å². The topological polar surface area (TPSA) is 29.5 Å². The van der Waals surface area contributed by atoms with E-state index >= 15 is 0 Å². The molecule has 0 unspecified atom stereocenters. The minimum Gasteiger partial charge on any atom is -0.496 e. The van der Waals surface area contributed by atoms with Crippen molar-refractivity contribution in [2.45, 2.75) is 65.2 Å². The molecule has 136 valence electrons. The zero-order chi connectivity index (χ0) is 17.8. The summed E-state index contributed by atoms with van der Waals surface area (Å²) in [7, 11) is 1.59. The normalized spacial score (nSPS) is 10.7. The highest BCUT2D eigenvalue weighted by Crippen LogP contribution is 2.24. The van der Waals surface area contributed by atoms with Crippen LogP contribution in [0.1, 0.15) is 75.6 Å². The molecule has 0 radical (unpaired) electrons. The summed E-state index contributed by atoms with van der Waals surface area (Å²) in [4.78, 5) is 15.0. The van der Waals surface area contributed by atoms with E-state index in [9.17, 15) is 4.79 Å². The molecule has 0 aliphatic heterocycles. The summed E-state index contributed by atoms with van der Waals surface area (Å²) in [5, 5.41) is 0.566. The molecule has 1 rings (SSSR count). The SMILES string of the molecule is CCCCCCN(CCCCCC)C(=O)c1cc(Cl)ccc1OC. The van der Waals surface area contributed by atoms with E-state index in [-0.39, 0.29) is 5.91 Å². The zero-order valence-electron chi connectivity index (χ0n) is 15.4. The van der Waals surface area contributed by atoms with E-state index in [1.807, 2.05) is 4.90 Å². The lowest BCUT2D eigenvalue weighted by molar-refractivity contribution is 0.0746. The van der Waals surface area contributed by atoms with Crippen LogP contribution in [0.15, 0.2) is 18.2 Å². The maximum atomic E-state index is 13.0. The number of amides is 1. The van der Waals surface area contributed by atoms with Crippen molar-refractivity contribution in [2.24, 2.45) is 0 Å². The minimum absolute atomic E-state index is 0.0300. The fourth-order valence-corrected chi connectivity index (χ4v) is 2.96. The number of hydrogen-bond acceptors (Lipinski definition) is 2. The van der Waals surface area contributed by atoms with Gasteiger partial charge in [0.15, 0.2) is 0 Å². The number of halogens is 1. The standard InChI is InChI=1S/C20H32ClNO2/c1-4-6-8-10-14-22(15-11-9-7-5-2)20(23)18-16-17(21)12-13-19(18)24-3/h12-13,16H,4-11,14-15H2,1-3H3. The highest BCUT2D eigenvalue weighted by atomic mass is 35.5. The van der Waals surface area contributed by atoms with Crippen LogP contribution in [0.4, 0.5) is 0 Å². The molecule has 0 spiro atoms. The smallest absolute Gasteiger partial charge is 0.257 e. The number of carbonyl (C=O) groups excluding carboxylic acids is 1. The zero-order valence-corrected chi connectivity index (χ0v) is 16.2.